The second-order valence-corrected chi connectivity index (χ2v) is 4.42. The van der Waals surface area contributed by atoms with Crippen molar-refractivity contribution in [3.63, 3.8) is 0 Å². The van der Waals surface area contributed by atoms with Gasteiger partial charge in [0, 0.05) is 0 Å². The van der Waals surface area contributed by atoms with Gasteiger partial charge in [-0.3, -0.25) is 0 Å². The Kier molecular flexibility index (Phi) is 2.45. The Morgan fingerprint density at radius 2 is 1.47 bits per heavy atom. The average molecular weight is 222 g/mol. The van der Waals surface area contributed by atoms with Crippen molar-refractivity contribution in [2.24, 2.45) is 0 Å². The third-order valence-electron chi connectivity index (χ3n) is 3.29. The van der Waals surface area contributed by atoms with Crippen LogP contribution in [0.25, 0.3) is 12.2 Å². The molecule has 0 amide bonds. The maximum atomic E-state index is 9.52. The van der Waals surface area contributed by atoms with Crippen LogP contribution in [0.15, 0.2) is 42.5 Å². The van der Waals surface area contributed by atoms with E-state index in [4.69, 9.17) is 0 Å². The highest BCUT2D eigenvalue weighted by atomic mass is 16.3. The van der Waals surface area contributed by atoms with E-state index in [-0.39, 0.29) is 0 Å². The predicted octanol–water partition coefficient (Wildman–Crippen LogP) is 3.66. The molecule has 2 aromatic rings. The Labute approximate surface area is 101 Å². The summed E-state index contributed by atoms with van der Waals surface area (Å²) in [6, 6.07) is 14.1. The first-order valence-electron chi connectivity index (χ1n) is 5.91. The first-order chi connectivity index (χ1) is 8.33. The van der Waals surface area contributed by atoms with Crippen LogP contribution in [-0.4, -0.2) is 5.11 Å². The van der Waals surface area contributed by atoms with Crippen LogP contribution < -0.4 is 0 Å². The van der Waals surface area contributed by atoms with Crippen LogP contribution in [0, 0.1) is 0 Å². The molecule has 17 heavy (non-hydrogen) atoms. The fraction of sp³-hybridized carbons (Fsp3) is 0.125. The van der Waals surface area contributed by atoms with E-state index in [9.17, 15) is 5.11 Å². The van der Waals surface area contributed by atoms with Crippen molar-refractivity contribution in [2.75, 3.05) is 0 Å². The summed E-state index contributed by atoms with van der Waals surface area (Å²) in [7, 11) is 0. The van der Waals surface area contributed by atoms with Gasteiger partial charge in [-0.1, -0.05) is 42.5 Å². The van der Waals surface area contributed by atoms with Gasteiger partial charge in [0.2, 0.25) is 0 Å². The Morgan fingerprint density at radius 1 is 0.765 bits per heavy atom. The zero-order chi connectivity index (χ0) is 11.7. The van der Waals surface area contributed by atoms with Gasteiger partial charge in [0.05, 0.1) is 0 Å². The molecule has 2 aromatic carbocycles. The molecule has 84 valence electrons. The number of phenolic OH excluding ortho intramolecular Hbond substituents is 1. The van der Waals surface area contributed by atoms with E-state index in [0.29, 0.717) is 5.75 Å². The summed E-state index contributed by atoms with van der Waals surface area (Å²) < 4.78 is 0. The molecule has 1 heteroatoms. The lowest BCUT2D eigenvalue weighted by Gasteiger charge is -2.12. The summed E-state index contributed by atoms with van der Waals surface area (Å²) in [6.45, 7) is 0. The molecule has 0 aromatic heterocycles. The second-order valence-electron chi connectivity index (χ2n) is 4.42. The van der Waals surface area contributed by atoms with Crippen molar-refractivity contribution in [3.05, 3.63) is 64.7 Å². The van der Waals surface area contributed by atoms with Gasteiger partial charge in [0.15, 0.2) is 0 Å². The fourth-order valence-corrected chi connectivity index (χ4v) is 2.34. The number of hydrogen-bond acceptors (Lipinski definition) is 1. The molecule has 0 unspecified atom stereocenters. The lowest BCUT2D eigenvalue weighted by molar-refractivity contribution is 0.474. The molecule has 1 nitrogen and oxygen atoms in total. The number of hydrogen-bond donors (Lipinski definition) is 1. The van der Waals surface area contributed by atoms with Gasteiger partial charge in [-0.25, -0.2) is 0 Å². The van der Waals surface area contributed by atoms with Crippen LogP contribution in [0.3, 0.4) is 0 Å². The highest BCUT2D eigenvalue weighted by molar-refractivity contribution is 5.73. The monoisotopic (exact) mass is 222 g/mol. The summed E-state index contributed by atoms with van der Waals surface area (Å²) in [4.78, 5) is 0. The Hall–Kier alpha value is -2.02. The number of benzene rings is 2. The first-order valence-corrected chi connectivity index (χ1v) is 5.91. The summed E-state index contributed by atoms with van der Waals surface area (Å²) >= 11 is 0. The van der Waals surface area contributed by atoms with Gasteiger partial charge in [0.25, 0.3) is 0 Å². The van der Waals surface area contributed by atoms with Crippen LogP contribution in [0.4, 0.5) is 0 Å². The van der Waals surface area contributed by atoms with E-state index in [1.54, 1.807) is 6.07 Å². The van der Waals surface area contributed by atoms with E-state index in [2.05, 4.69) is 36.4 Å². The second kappa shape index (κ2) is 4.10. The number of aromatic hydroxyl groups is 1. The van der Waals surface area contributed by atoms with Gasteiger partial charge in [-0.05, 0) is 47.2 Å². The fourth-order valence-electron chi connectivity index (χ4n) is 2.34. The third-order valence-corrected chi connectivity index (χ3v) is 3.29. The van der Waals surface area contributed by atoms with Crippen molar-refractivity contribution < 1.29 is 5.11 Å². The molecule has 1 aliphatic rings. The summed E-state index contributed by atoms with van der Waals surface area (Å²) in [6.07, 6.45) is 6.29. The highest BCUT2D eigenvalue weighted by Crippen LogP contribution is 2.24. The molecule has 0 saturated carbocycles. The Bertz CT molecular complexity index is 582. The van der Waals surface area contributed by atoms with Crippen molar-refractivity contribution in [1.82, 2.24) is 0 Å². The molecule has 1 N–H and O–H groups in total. The van der Waals surface area contributed by atoms with E-state index in [1.807, 2.05) is 12.1 Å². The third kappa shape index (κ3) is 1.96. The number of rotatable bonds is 0. The highest BCUT2D eigenvalue weighted by Gasteiger charge is 2.07. The molecule has 0 aliphatic heterocycles. The number of fused-ring (bicyclic) bond motifs is 2. The summed E-state index contributed by atoms with van der Waals surface area (Å²) in [5, 5.41) is 9.52. The average Bonchev–Trinajstić information content (AvgIpc) is 2.33. The minimum Gasteiger partial charge on any atom is -0.508 e. The van der Waals surface area contributed by atoms with E-state index < -0.39 is 0 Å². The maximum Gasteiger partial charge on any atom is 0.115 e. The molecule has 0 atom stereocenters. The minimum atomic E-state index is 0.353. The molecule has 0 fully saturated rings. The summed E-state index contributed by atoms with van der Waals surface area (Å²) in [5.41, 5.74) is 5.09. The van der Waals surface area contributed by atoms with E-state index in [1.165, 1.54) is 22.3 Å². The Balaban J connectivity index is 2.09. The molecule has 3 rings (SSSR count). The first kappa shape index (κ1) is 10.2. The molecule has 0 radical (unpaired) electrons. The molecular weight excluding hydrogens is 208 g/mol. The Morgan fingerprint density at radius 3 is 2.35 bits per heavy atom. The lowest BCUT2D eigenvalue weighted by Crippen LogP contribution is -1.98. The normalized spacial score (nSPS) is 15.3. The quantitative estimate of drug-likeness (QED) is 0.721. The molecule has 0 spiro atoms. The van der Waals surface area contributed by atoms with Crippen LogP contribution >= 0.6 is 0 Å². The topological polar surface area (TPSA) is 20.2 Å². The maximum absolute atomic E-state index is 9.52. The van der Waals surface area contributed by atoms with Gasteiger partial charge in [0.1, 0.15) is 5.75 Å². The van der Waals surface area contributed by atoms with Crippen LogP contribution in [0.1, 0.15) is 22.3 Å². The lowest BCUT2D eigenvalue weighted by atomic mass is 9.93. The van der Waals surface area contributed by atoms with Gasteiger partial charge < -0.3 is 5.11 Å². The number of aryl methyl sites for hydroxylation is 2. The van der Waals surface area contributed by atoms with E-state index in [0.717, 1.165) is 12.8 Å². The van der Waals surface area contributed by atoms with Gasteiger partial charge in [-0.2, -0.15) is 0 Å². The molecule has 1 aliphatic carbocycles. The standard InChI is InChI=1S/C16H14O/c17-16-10-9-14-6-5-12-3-1-2-4-13(12)7-8-15(14)11-16/h1-6,9-11,17H,7-8H2/b6-5-. The predicted molar refractivity (Wildman–Crippen MR) is 70.9 cm³/mol. The van der Waals surface area contributed by atoms with Crippen molar-refractivity contribution in [2.45, 2.75) is 12.8 Å². The van der Waals surface area contributed by atoms with Gasteiger partial charge in [-0.15, -0.1) is 0 Å². The largest absolute Gasteiger partial charge is 0.508 e. The molecule has 0 saturated heterocycles. The molecule has 0 bridgehead atoms. The van der Waals surface area contributed by atoms with Crippen molar-refractivity contribution >= 4 is 12.2 Å². The zero-order valence-electron chi connectivity index (χ0n) is 9.56. The van der Waals surface area contributed by atoms with Gasteiger partial charge >= 0.3 is 0 Å². The smallest absolute Gasteiger partial charge is 0.115 e. The van der Waals surface area contributed by atoms with Crippen LogP contribution in [0.5, 0.6) is 5.75 Å². The van der Waals surface area contributed by atoms with E-state index >= 15 is 0 Å². The van der Waals surface area contributed by atoms with Crippen LogP contribution in [-0.2, 0) is 12.8 Å². The minimum absolute atomic E-state index is 0.353. The molecular formula is C16H14O. The molecule has 0 heterocycles. The van der Waals surface area contributed by atoms with Crippen molar-refractivity contribution in [3.8, 4) is 5.75 Å². The SMILES string of the molecule is Oc1ccc2c(c1)CCc1ccccc1/C=C\2. The summed E-state index contributed by atoms with van der Waals surface area (Å²) in [5.74, 6) is 0.353. The zero-order valence-corrected chi connectivity index (χ0v) is 9.56. The van der Waals surface area contributed by atoms with Crippen LogP contribution in [0.2, 0.25) is 0 Å². The number of phenols is 1. The van der Waals surface area contributed by atoms with Crippen molar-refractivity contribution in [1.29, 1.82) is 0 Å².